The monoisotopic (exact) mass is 288 g/mol. The Morgan fingerprint density at radius 1 is 1.29 bits per heavy atom. The van der Waals surface area contributed by atoms with Gasteiger partial charge in [0, 0.05) is 32.3 Å². The van der Waals surface area contributed by atoms with Crippen molar-refractivity contribution < 1.29 is 4.74 Å². The van der Waals surface area contributed by atoms with E-state index in [-0.39, 0.29) is 0 Å². The first-order chi connectivity index (χ1) is 10.3. The molecule has 2 N–H and O–H groups in total. The Labute approximate surface area is 128 Å². The summed E-state index contributed by atoms with van der Waals surface area (Å²) in [6.45, 7) is 7.42. The minimum atomic E-state index is 0.451. The number of benzene rings is 1. The van der Waals surface area contributed by atoms with Crippen LogP contribution in [0.5, 0.6) is 0 Å². The summed E-state index contributed by atoms with van der Waals surface area (Å²) in [5.74, 6) is 0. The molecular weight excluding hydrogens is 260 g/mol. The van der Waals surface area contributed by atoms with Crippen molar-refractivity contribution in [2.75, 3.05) is 32.8 Å². The largest absolute Gasteiger partial charge is 0.381 e. The number of hydrogen-bond acceptors (Lipinski definition) is 3. The van der Waals surface area contributed by atoms with Gasteiger partial charge in [-0.25, -0.2) is 0 Å². The summed E-state index contributed by atoms with van der Waals surface area (Å²) >= 11 is 0. The van der Waals surface area contributed by atoms with Gasteiger partial charge < -0.3 is 15.4 Å². The van der Waals surface area contributed by atoms with Crippen molar-refractivity contribution in [3.63, 3.8) is 0 Å². The van der Waals surface area contributed by atoms with Gasteiger partial charge in [-0.2, -0.15) is 0 Å². The first-order valence-electron chi connectivity index (χ1n) is 8.43. The van der Waals surface area contributed by atoms with E-state index in [2.05, 4.69) is 41.8 Å². The maximum atomic E-state index is 5.53. The summed E-state index contributed by atoms with van der Waals surface area (Å²) in [6, 6.07) is 9.32. The summed E-state index contributed by atoms with van der Waals surface area (Å²) in [4.78, 5) is 0. The molecule has 3 rings (SSSR count). The zero-order valence-electron chi connectivity index (χ0n) is 13.2. The third-order valence-corrected chi connectivity index (χ3v) is 5.37. The van der Waals surface area contributed by atoms with Gasteiger partial charge in [-0.15, -0.1) is 0 Å². The third-order valence-electron chi connectivity index (χ3n) is 5.37. The second-order valence-electron chi connectivity index (χ2n) is 6.55. The molecule has 0 bridgehead atoms. The van der Waals surface area contributed by atoms with Crippen LogP contribution in [0.3, 0.4) is 0 Å². The molecule has 1 saturated heterocycles. The van der Waals surface area contributed by atoms with E-state index >= 15 is 0 Å². The van der Waals surface area contributed by atoms with Gasteiger partial charge in [-0.05, 0) is 48.8 Å². The molecule has 2 aliphatic rings. The topological polar surface area (TPSA) is 33.3 Å². The Balaban J connectivity index is 1.56. The predicted molar refractivity (Wildman–Crippen MR) is 86.5 cm³/mol. The summed E-state index contributed by atoms with van der Waals surface area (Å²) < 4.78 is 5.53. The van der Waals surface area contributed by atoms with E-state index in [9.17, 15) is 0 Å². The molecule has 3 heteroatoms. The smallest absolute Gasteiger partial charge is 0.0471 e. The Morgan fingerprint density at radius 2 is 2.10 bits per heavy atom. The van der Waals surface area contributed by atoms with Crippen molar-refractivity contribution in [3.05, 3.63) is 35.4 Å². The highest BCUT2D eigenvalue weighted by Crippen LogP contribution is 2.33. The van der Waals surface area contributed by atoms with E-state index in [4.69, 9.17) is 4.74 Å². The minimum absolute atomic E-state index is 0.451. The van der Waals surface area contributed by atoms with Crippen molar-refractivity contribution in [2.24, 2.45) is 5.41 Å². The number of hydrogen-bond donors (Lipinski definition) is 2. The van der Waals surface area contributed by atoms with Gasteiger partial charge in [0.2, 0.25) is 0 Å². The van der Waals surface area contributed by atoms with Crippen LogP contribution < -0.4 is 10.6 Å². The highest BCUT2D eigenvalue weighted by Gasteiger charge is 2.30. The number of fused-ring (bicyclic) bond motifs is 1. The maximum Gasteiger partial charge on any atom is 0.0471 e. The van der Waals surface area contributed by atoms with E-state index < -0.39 is 0 Å². The van der Waals surface area contributed by atoms with Crippen LogP contribution >= 0.6 is 0 Å². The zero-order chi connectivity index (χ0) is 14.5. The maximum absolute atomic E-state index is 5.53. The van der Waals surface area contributed by atoms with E-state index in [0.29, 0.717) is 11.5 Å². The lowest BCUT2D eigenvalue weighted by atomic mass is 9.78. The second-order valence-corrected chi connectivity index (χ2v) is 6.55. The highest BCUT2D eigenvalue weighted by atomic mass is 16.5. The van der Waals surface area contributed by atoms with Gasteiger partial charge in [-0.3, -0.25) is 0 Å². The van der Waals surface area contributed by atoms with E-state index in [1.165, 1.54) is 30.4 Å². The van der Waals surface area contributed by atoms with Gasteiger partial charge in [0.15, 0.2) is 0 Å². The SMILES string of the molecule is CCC1(CNCC2NCCc3ccccc32)CCOCC1. The lowest BCUT2D eigenvalue weighted by molar-refractivity contribution is 0.0126. The molecule has 0 saturated carbocycles. The third kappa shape index (κ3) is 3.47. The summed E-state index contributed by atoms with van der Waals surface area (Å²) in [5.41, 5.74) is 3.44. The molecule has 0 radical (unpaired) electrons. The average Bonchev–Trinajstić information content (AvgIpc) is 2.56. The van der Waals surface area contributed by atoms with Crippen LogP contribution in [0.1, 0.15) is 43.4 Å². The van der Waals surface area contributed by atoms with Gasteiger partial charge in [0.05, 0.1) is 0 Å². The predicted octanol–water partition coefficient (Wildman–Crippen LogP) is 2.67. The summed E-state index contributed by atoms with van der Waals surface area (Å²) in [6.07, 6.45) is 4.80. The molecule has 1 aromatic carbocycles. The summed E-state index contributed by atoms with van der Waals surface area (Å²) in [7, 11) is 0. The van der Waals surface area contributed by atoms with Crippen LogP contribution in [-0.4, -0.2) is 32.8 Å². The number of ether oxygens (including phenoxy) is 1. The molecule has 2 heterocycles. The second kappa shape index (κ2) is 6.91. The molecule has 116 valence electrons. The molecule has 0 amide bonds. The molecule has 3 nitrogen and oxygen atoms in total. The van der Waals surface area contributed by atoms with Gasteiger partial charge >= 0.3 is 0 Å². The molecule has 1 atom stereocenters. The van der Waals surface area contributed by atoms with Crippen molar-refractivity contribution >= 4 is 0 Å². The van der Waals surface area contributed by atoms with Crippen molar-refractivity contribution in [1.82, 2.24) is 10.6 Å². The molecular formula is C18H28N2O. The fourth-order valence-electron chi connectivity index (χ4n) is 3.72. The molecule has 1 aromatic rings. The van der Waals surface area contributed by atoms with Gasteiger partial charge in [0.1, 0.15) is 0 Å². The Hall–Kier alpha value is -0.900. The van der Waals surface area contributed by atoms with Crippen LogP contribution in [0, 0.1) is 5.41 Å². The Morgan fingerprint density at radius 3 is 2.90 bits per heavy atom. The fraction of sp³-hybridized carbons (Fsp3) is 0.667. The molecule has 1 fully saturated rings. The normalized spacial score (nSPS) is 24.5. The number of rotatable bonds is 5. The molecule has 0 aliphatic carbocycles. The van der Waals surface area contributed by atoms with Crippen LogP contribution in [0.15, 0.2) is 24.3 Å². The molecule has 2 aliphatic heterocycles. The molecule has 0 aromatic heterocycles. The van der Waals surface area contributed by atoms with E-state index in [0.717, 1.165) is 39.3 Å². The molecule has 0 spiro atoms. The lowest BCUT2D eigenvalue weighted by Gasteiger charge is -2.37. The van der Waals surface area contributed by atoms with Crippen molar-refractivity contribution in [1.29, 1.82) is 0 Å². The standard InChI is InChI=1S/C18H28N2O/c1-2-18(8-11-21-12-9-18)14-19-13-17-16-6-4-3-5-15(16)7-10-20-17/h3-6,17,19-20H,2,7-14H2,1H3. The molecule has 21 heavy (non-hydrogen) atoms. The lowest BCUT2D eigenvalue weighted by Crippen LogP contribution is -2.43. The van der Waals surface area contributed by atoms with Gasteiger partial charge in [0.25, 0.3) is 0 Å². The van der Waals surface area contributed by atoms with Gasteiger partial charge in [-0.1, -0.05) is 31.2 Å². The van der Waals surface area contributed by atoms with E-state index in [1.807, 2.05) is 0 Å². The Bertz CT molecular complexity index is 454. The van der Waals surface area contributed by atoms with Crippen molar-refractivity contribution in [2.45, 2.75) is 38.6 Å². The van der Waals surface area contributed by atoms with Crippen LogP contribution in [0.4, 0.5) is 0 Å². The highest BCUT2D eigenvalue weighted by molar-refractivity contribution is 5.32. The summed E-state index contributed by atoms with van der Waals surface area (Å²) in [5, 5.41) is 7.40. The quantitative estimate of drug-likeness (QED) is 0.874. The Kier molecular flexibility index (Phi) is 4.94. The van der Waals surface area contributed by atoms with Crippen LogP contribution in [0.25, 0.3) is 0 Å². The first-order valence-corrected chi connectivity index (χ1v) is 8.43. The minimum Gasteiger partial charge on any atom is -0.381 e. The number of nitrogens with one attached hydrogen (secondary N) is 2. The first kappa shape index (κ1) is 15.0. The van der Waals surface area contributed by atoms with Crippen LogP contribution in [0.2, 0.25) is 0 Å². The van der Waals surface area contributed by atoms with E-state index in [1.54, 1.807) is 0 Å². The van der Waals surface area contributed by atoms with Crippen molar-refractivity contribution in [3.8, 4) is 0 Å². The molecule has 1 unspecified atom stereocenters. The average molecular weight is 288 g/mol. The fourth-order valence-corrected chi connectivity index (χ4v) is 3.72. The van der Waals surface area contributed by atoms with Crippen LogP contribution in [-0.2, 0) is 11.2 Å². The zero-order valence-corrected chi connectivity index (χ0v) is 13.2.